The summed E-state index contributed by atoms with van der Waals surface area (Å²) in [5.41, 5.74) is 3.39. The summed E-state index contributed by atoms with van der Waals surface area (Å²) < 4.78 is 0. The van der Waals surface area contributed by atoms with Gasteiger partial charge < -0.3 is 15.7 Å². The lowest BCUT2D eigenvalue weighted by molar-refractivity contribution is 0.187. The molecule has 0 aliphatic rings. The lowest BCUT2D eigenvalue weighted by Crippen LogP contribution is -2.39. The van der Waals surface area contributed by atoms with Gasteiger partial charge in [-0.1, -0.05) is 38.1 Å². The zero-order valence-corrected chi connectivity index (χ0v) is 16.8. The van der Waals surface area contributed by atoms with Crippen LogP contribution >= 0.6 is 0 Å². The van der Waals surface area contributed by atoms with Gasteiger partial charge in [-0.25, -0.2) is 0 Å². The van der Waals surface area contributed by atoms with Crippen molar-refractivity contribution in [1.82, 2.24) is 15.6 Å². The van der Waals surface area contributed by atoms with Crippen molar-refractivity contribution < 1.29 is 5.11 Å². The number of guanidine groups is 1. The van der Waals surface area contributed by atoms with E-state index < -0.39 is 6.10 Å². The fraction of sp³-hybridized carbons (Fsp3) is 0.455. The number of aromatic nitrogens is 1. The maximum Gasteiger partial charge on any atom is 0.191 e. The minimum atomic E-state index is -0.644. The second kappa shape index (κ2) is 10.7. The van der Waals surface area contributed by atoms with Gasteiger partial charge in [-0.2, -0.15) is 0 Å². The smallest absolute Gasteiger partial charge is 0.191 e. The van der Waals surface area contributed by atoms with E-state index in [1.54, 1.807) is 12.4 Å². The minimum absolute atomic E-state index is 0.119. The van der Waals surface area contributed by atoms with E-state index in [1.165, 1.54) is 11.1 Å². The number of aliphatic hydroxyl groups is 1. The molecule has 3 N–H and O–H groups in total. The Kier molecular flexibility index (Phi) is 8.27. The number of rotatable bonds is 8. The Morgan fingerprint density at radius 1 is 1.04 bits per heavy atom. The molecule has 0 saturated heterocycles. The topological polar surface area (TPSA) is 69.5 Å². The van der Waals surface area contributed by atoms with Gasteiger partial charge in [0, 0.05) is 18.9 Å². The molecule has 2 aromatic rings. The van der Waals surface area contributed by atoms with Crippen molar-refractivity contribution >= 4 is 5.96 Å². The summed E-state index contributed by atoms with van der Waals surface area (Å²) in [6.45, 7) is 9.66. The van der Waals surface area contributed by atoms with Gasteiger partial charge in [0.2, 0.25) is 0 Å². The molecule has 0 amide bonds. The highest BCUT2D eigenvalue weighted by Crippen LogP contribution is 2.16. The minimum Gasteiger partial charge on any atom is -0.386 e. The predicted octanol–water partition coefficient (Wildman–Crippen LogP) is 3.63. The van der Waals surface area contributed by atoms with E-state index in [1.807, 2.05) is 19.1 Å². The highest BCUT2D eigenvalue weighted by Gasteiger charge is 2.10. The first-order valence-corrected chi connectivity index (χ1v) is 9.71. The van der Waals surface area contributed by atoms with Crippen molar-refractivity contribution in [3.63, 3.8) is 0 Å². The van der Waals surface area contributed by atoms with Crippen molar-refractivity contribution in [3.05, 3.63) is 65.5 Å². The number of aliphatic imine (C=N–C) groups is 1. The fourth-order valence-corrected chi connectivity index (χ4v) is 2.89. The first-order valence-electron chi connectivity index (χ1n) is 9.71. The maximum absolute atomic E-state index is 10.3. The standard InChI is InChI=1S/C22H32N4O/c1-5-24-22(25-15-21(27)20-10-12-23-13-11-20)26-17(4)19-8-6-18(7-9-19)14-16(2)3/h6-13,16-17,21,27H,5,14-15H2,1-4H3,(H2,24,25,26). The van der Waals surface area contributed by atoms with Gasteiger partial charge in [-0.05, 0) is 55.0 Å². The third kappa shape index (κ3) is 7.02. The molecule has 0 bridgehead atoms. The molecule has 0 aliphatic heterocycles. The van der Waals surface area contributed by atoms with E-state index in [0.29, 0.717) is 18.4 Å². The molecule has 1 aromatic carbocycles. The fourth-order valence-electron chi connectivity index (χ4n) is 2.89. The highest BCUT2D eigenvalue weighted by molar-refractivity contribution is 5.80. The van der Waals surface area contributed by atoms with Crippen molar-refractivity contribution in [2.45, 2.75) is 46.3 Å². The molecule has 1 aromatic heterocycles. The van der Waals surface area contributed by atoms with Gasteiger partial charge in [-0.15, -0.1) is 0 Å². The lowest BCUT2D eigenvalue weighted by atomic mass is 10.00. The van der Waals surface area contributed by atoms with Crippen LogP contribution < -0.4 is 10.6 Å². The number of benzene rings is 1. The zero-order chi connectivity index (χ0) is 19.6. The first kappa shape index (κ1) is 20.9. The van der Waals surface area contributed by atoms with Crippen molar-refractivity contribution in [3.8, 4) is 0 Å². The summed E-state index contributed by atoms with van der Waals surface area (Å²) in [5, 5.41) is 17.0. The lowest BCUT2D eigenvalue weighted by Gasteiger charge is -2.19. The summed E-state index contributed by atoms with van der Waals surface area (Å²) >= 11 is 0. The number of pyridine rings is 1. The molecule has 0 spiro atoms. The van der Waals surface area contributed by atoms with E-state index in [4.69, 9.17) is 0 Å². The molecule has 2 unspecified atom stereocenters. The summed E-state index contributed by atoms with van der Waals surface area (Å²) in [7, 11) is 0. The van der Waals surface area contributed by atoms with Gasteiger partial charge in [-0.3, -0.25) is 9.98 Å². The number of hydrogen-bond donors (Lipinski definition) is 3. The molecule has 1 heterocycles. The molecule has 2 atom stereocenters. The summed E-state index contributed by atoms with van der Waals surface area (Å²) in [6.07, 6.45) is 3.81. The summed E-state index contributed by atoms with van der Waals surface area (Å²) in [4.78, 5) is 8.51. The van der Waals surface area contributed by atoms with Crippen LogP contribution in [0.1, 0.15) is 56.5 Å². The second-order valence-corrected chi connectivity index (χ2v) is 7.22. The maximum atomic E-state index is 10.3. The van der Waals surface area contributed by atoms with Crippen molar-refractivity contribution in [2.24, 2.45) is 10.9 Å². The Bertz CT molecular complexity index is 698. The Morgan fingerprint density at radius 3 is 2.30 bits per heavy atom. The Balaban J connectivity index is 1.99. The largest absolute Gasteiger partial charge is 0.386 e. The SMILES string of the molecule is CCNC(=NCC(O)c1ccncc1)NC(C)c1ccc(CC(C)C)cc1. The van der Waals surface area contributed by atoms with Gasteiger partial charge >= 0.3 is 0 Å². The molecule has 0 saturated carbocycles. The molecule has 27 heavy (non-hydrogen) atoms. The van der Waals surface area contributed by atoms with E-state index >= 15 is 0 Å². The Morgan fingerprint density at radius 2 is 1.70 bits per heavy atom. The zero-order valence-electron chi connectivity index (χ0n) is 16.8. The summed E-state index contributed by atoms with van der Waals surface area (Å²) in [6, 6.07) is 12.5. The van der Waals surface area contributed by atoms with Gasteiger partial charge in [0.15, 0.2) is 5.96 Å². The van der Waals surface area contributed by atoms with Gasteiger partial charge in [0.1, 0.15) is 0 Å². The molecular weight excluding hydrogens is 336 g/mol. The first-order chi connectivity index (χ1) is 13.0. The molecule has 2 rings (SSSR count). The molecule has 0 radical (unpaired) electrons. The number of aliphatic hydroxyl groups excluding tert-OH is 1. The van der Waals surface area contributed by atoms with Crippen LogP contribution in [0.4, 0.5) is 0 Å². The summed E-state index contributed by atoms with van der Waals surface area (Å²) in [5.74, 6) is 1.36. The van der Waals surface area contributed by atoms with Crippen LogP contribution in [0.25, 0.3) is 0 Å². The molecule has 146 valence electrons. The highest BCUT2D eigenvalue weighted by atomic mass is 16.3. The van der Waals surface area contributed by atoms with Crippen LogP contribution in [0.3, 0.4) is 0 Å². The van der Waals surface area contributed by atoms with Gasteiger partial charge in [0.25, 0.3) is 0 Å². The Hall–Kier alpha value is -2.40. The van der Waals surface area contributed by atoms with Crippen LogP contribution in [-0.2, 0) is 6.42 Å². The van der Waals surface area contributed by atoms with Crippen LogP contribution in [0, 0.1) is 5.92 Å². The number of nitrogens with one attached hydrogen (secondary N) is 2. The number of nitrogens with zero attached hydrogens (tertiary/aromatic N) is 2. The van der Waals surface area contributed by atoms with Crippen molar-refractivity contribution in [2.75, 3.05) is 13.1 Å². The van der Waals surface area contributed by atoms with E-state index in [2.05, 4.69) is 65.6 Å². The third-order valence-corrected chi connectivity index (χ3v) is 4.33. The van der Waals surface area contributed by atoms with Crippen LogP contribution in [0.2, 0.25) is 0 Å². The van der Waals surface area contributed by atoms with E-state index in [9.17, 15) is 5.11 Å². The van der Waals surface area contributed by atoms with Crippen LogP contribution in [0.5, 0.6) is 0 Å². The van der Waals surface area contributed by atoms with Crippen LogP contribution in [0.15, 0.2) is 53.8 Å². The molecular formula is C22H32N4O. The van der Waals surface area contributed by atoms with Gasteiger partial charge in [0.05, 0.1) is 18.7 Å². The average Bonchev–Trinajstić information content (AvgIpc) is 2.66. The molecule has 0 fully saturated rings. The normalized spacial score (nSPS) is 14.1. The molecule has 5 nitrogen and oxygen atoms in total. The van der Waals surface area contributed by atoms with Crippen molar-refractivity contribution in [1.29, 1.82) is 0 Å². The number of hydrogen-bond acceptors (Lipinski definition) is 3. The second-order valence-electron chi connectivity index (χ2n) is 7.22. The van der Waals surface area contributed by atoms with Crippen LogP contribution in [-0.4, -0.2) is 29.1 Å². The Labute approximate surface area is 163 Å². The molecule has 5 heteroatoms. The monoisotopic (exact) mass is 368 g/mol. The van der Waals surface area contributed by atoms with E-state index in [-0.39, 0.29) is 6.04 Å². The molecule has 0 aliphatic carbocycles. The average molecular weight is 369 g/mol. The predicted molar refractivity (Wildman–Crippen MR) is 112 cm³/mol. The quantitative estimate of drug-likeness (QED) is 0.492. The third-order valence-electron chi connectivity index (χ3n) is 4.33. The van der Waals surface area contributed by atoms with E-state index in [0.717, 1.165) is 18.5 Å².